The van der Waals surface area contributed by atoms with Gasteiger partial charge in [-0.1, -0.05) is 33.6 Å². The maximum atomic E-state index is 10.6. The first-order valence-corrected chi connectivity index (χ1v) is 6.30. The van der Waals surface area contributed by atoms with Gasteiger partial charge in [0, 0.05) is 0 Å². The topological polar surface area (TPSA) is 26.3 Å². The van der Waals surface area contributed by atoms with Crippen LogP contribution in [0.3, 0.4) is 0 Å². The minimum absolute atomic E-state index is 0.179. The van der Waals surface area contributed by atoms with E-state index in [4.69, 9.17) is 4.74 Å². The summed E-state index contributed by atoms with van der Waals surface area (Å²) < 4.78 is 5.42. The second-order valence-electron chi connectivity index (χ2n) is 4.94. The van der Waals surface area contributed by atoms with Gasteiger partial charge in [-0.3, -0.25) is 4.79 Å². The van der Waals surface area contributed by atoms with Crippen molar-refractivity contribution in [3.05, 3.63) is 0 Å². The van der Waals surface area contributed by atoms with E-state index in [1.165, 1.54) is 25.7 Å². The SMILES string of the molecule is CCC(CC)(OC=O)C1CCC(C)CC1. The van der Waals surface area contributed by atoms with Crippen molar-refractivity contribution in [2.45, 2.75) is 64.9 Å². The summed E-state index contributed by atoms with van der Waals surface area (Å²) >= 11 is 0. The molecule has 2 nitrogen and oxygen atoms in total. The summed E-state index contributed by atoms with van der Waals surface area (Å²) in [5, 5.41) is 0. The molecule has 0 bridgehead atoms. The van der Waals surface area contributed by atoms with Gasteiger partial charge >= 0.3 is 0 Å². The number of rotatable bonds is 5. The molecule has 0 aliphatic heterocycles. The lowest BCUT2D eigenvalue weighted by atomic mass is 9.71. The van der Waals surface area contributed by atoms with E-state index in [1.807, 2.05) is 0 Å². The zero-order valence-electron chi connectivity index (χ0n) is 10.3. The van der Waals surface area contributed by atoms with Crippen LogP contribution in [0.2, 0.25) is 0 Å². The van der Waals surface area contributed by atoms with E-state index in [0.29, 0.717) is 12.4 Å². The Labute approximate surface area is 93.4 Å². The highest BCUT2D eigenvalue weighted by Gasteiger charge is 2.38. The first-order valence-electron chi connectivity index (χ1n) is 6.30. The predicted octanol–water partition coefficient (Wildman–Crippen LogP) is 3.54. The van der Waals surface area contributed by atoms with Crippen molar-refractivity contribution in [1.82, 2.24) is 0 Å². The van der Waals surface area contributed by atoms with Crippen LogP contribution in [0.5, 0.6) is 0 Å². The monoisotopic (exact) mass is 212 g/mol. The van der Waals surface area contributed by atoms with Crippen LogP contribution in [0.15, 0.2) is 0 Å². The largest absolute Gasteiger partial charge is 0.461 e. The van der Waals surface area contributed by atoms with Crippen molar-refractivity contribution >= 4 is 6.47 Å². The van der Waals surface area contributed by atoms with E-state index >= 15 is 0 Å². The highest BCUT2D eigenvalue weighted by Crippen LogP contribution is 2.40. The second kappa shape index (κ2) is 5.53. The maximum Gasteiger partial charge on any atom is 0.293 e. The Bertz CT molecular complexity index is 189. The molecule has 1 aliphatic rings. The number of hydrogen-bond acceptors (Lipinski definition) is 2. The van der Waals surface area contributed by atoms with E-state index in [0.717, 1.165) is 18.8 Å². The van der Waals surface area contributed by atoms with Gasteiger partial charge in [0.15, 0.2) is 0 Å². The molecule has 0 N–H and O–H groups in total. The molecule has 0 atom stereocenters. The molecule has 0 aromatic heterocycles. The fourth-order valence-electron chi connectivity index (χ4n) is 2.97. The van der Waals surface area contributed by atoms with Crippen LogP contribution in [-0.4, -0.2) is 12.1 Å². The van der Waals surface area contributed by atoms with Crippen LogP contribution >= 0.6 is 0 Å². The lowest BCUT2D eigenvalue weighted by Crippen LogP contribution is -2.41. The molecule has 1 rings (SSSR count). The van der Waals surface area contributed by atoms with E-state index in [-0.39, 0.29) is 5.60 Å². The average molecular weight is 212 g/mol. The van der Waals surface area contributed by atoms with Gasteiger partial charge in [0.1, 0.15) is 5.60 Å². The Kier molecular flexibility index (Phi) is 4.62. The summed E-state index contributed by atoms with van der Waals surface area (Å²) in [6, 6.07) is 0. The van der Waals surface area contributed by atoms with Gasteiger partial charge in [0.25, 0.3) is 6.47 Å². The Hall–Kier alpha value is -0.530. The van der Waals surface area contributed by atoms with E-state index in [1.54, 1.807) is 0 Å². The third kappa shape index (κ3) is 2.73. The van der Waals surface area contributed by atoms with Crippen molar-refractivity contribution in [2.24, 2.45) is 11.8 Å². The summed E-state index contributed by atoms with van der Waals surface area (Å²) in [5.41, 5.74) is -0.179. The fourth-order valence-corrected chi connectivity index (χ4v) is 2.97. The van der Waals surface area contributed by atoms with Crippen molar-refractivity contribution in [1.29, 1.82) is 0 Å². The molecule has 15 heavy (non-hydrogen) atoms. The van der Waals surface area contributed by atoms with Gasteiger partial charge in [0.2, 0.25) is 0 Å². The maximum absolute atomic E-state index is 10.6. The normalized spacial score (nSPS) is 27.4. The third-order valence-electron chi connectivity index (χ3n) is 4.24. The number of carbonyl (C=O) groups excluding carboxylic acids is 1. The molecule has 0 aromatic rings. The molecule has 0 spiro atoms. The molecule has 0 saturated heterocycles. The van der Waals surface area contributed by atoms with E-state index in [9.17, 15) is 4.79 Å². The number of hydrogen-bond donors (Lipinski definition) is 0. The first-order chi connectivity index (χ1) is 7.18. The van der Waals surface area contributed by atoms with Crippen molar-refractivity contribution in [3.63, 3.8) is 0 Å². The molecular formula is C13H24O2. The summed E-state index contributed by atoms with van der Waals surface area (Å²) in [4.78, 5) is 10.6. The minimum Gasteiger partial charge on any atom is -0.461 e. The standard InChI is InChI=1S/C13H24O2/c1-4-13(5-2,15-10-14)12-8-6-11(3)7-9-12/h10-12H,4-9H2,1-3H3. The lowest BCUT2D eigenvalue weighted by molar-refractivity contribution is -0.153. The zero-order valence-corrected chi connectivity index (χ0v) is 10.3. The molecular weight excluding hydrogens is 188 g/mol. The van der Waals surface area contributed by atoms with Gasteiger partial charge < -0.3 is 4.74 Å². The van der Waals surface area contributed by atoms with Crippen LogP contribution in [-0.2, 0) is 9.53 Å². The van der Waals surface area contributed by atoms with Gasteiger partial charge in [-0.25, -0.2) is 0 Å². The molecule has 0 amide bonds. The van der Waals surface area contributed by atoms with Crippen molar-refractivity contribution in [2.75, 3.05) is 0 Å². The van der Waals surface area contributed by atoms with Gasteiger partial charge in [0.05, 0.1) is 0 Å². The smallest absolute Gasteiger partial charge is 0.293 e. The van der Waals surface area contributed by atoms with E-state index < -0.39 is 0 Å². The van der Waals surface area contributed by atoms with Crippen molar-refractivity contribution < 1.29 is 9.53 Å². The Morgan fingerprint density at radius 3 is 2.13 bits per heavy atom. The highest BCUT2D eigenvalue weighted by molar-refractivity contribution is 5.38. The first kappa shape index (κ1) is 12.5. The molecule has 1 fully saturated rings. The Morgan fingerprint density at radius 1 is 1.20 bits per heavy atom. The highest BCUT2D eigenvalue weighted by atomic mass is 16.5. The lowest BCUT2D eigenvalue weighted by Gasteiger charge is -2.41. The van der Waals surface area contributed by atoms with Gasteiger partial charge in [-0.2, -0.15) is 0 Å². The molecule has 88 valence electrons. The van der Waals surface area contributed by atoms with Crippen LogP contribution in [0.1, 0.15) is 59.3 Å². The number of carbonyl (C=O) groups is 1. The molecule has 2 heteroatoms. The van der Waals surface area contributed by atoms with Crippen LogP contribution in [0, 0.1) is 11.8 Å². The molecule has 0 unspecified atom stereocenters. The summed E-state index contributed by atoms with van der Waals surface area (Å²) in [5.74, 6) is 1.43. The number of ether oxygens (including phenoxy) is 1. The Morgan fingerprint density at radius 2 is 1.73 bits per heavy atom. The van der Waals surface area contributed by atoms with E-state index in [2.05, 4.69) is 20.8 Å². The Balaban J connectivity index is 2.66. The molecule has 0 radical (unpaired) electrons. The van der Waals surface area contributed by atoms with Crippen LogP contribution in [0.4, 0.5) is 0 Å². The fraction of sp³-hybridized carbons (Fsp3) is 0.923. The summed E-state index contributed by atoms with van der Waals surface area (Å²) in [6.07, 6.45) is 6.90. The van der Waals surface area contributed by atoms with Crippen molar-refractivity contribution in [3.8, 4) is 0 Å². The van der Waals surface area contributed by atoms with Gasteiger partial charge in [-0.15, -0.1) is 0 Å². The van der Waals surface area contributed by atoms with Crippen LogP contribution < -0.4 is 0 Å². The molecule has 1 aliphatic carbocycles. The molecule has 0 aromatic carbocycles. The summed E-state index contributed by atoms with van der Waals surface area (Å²) in [7, 11) is 0. The minimum atomic E-state index is -0.179. The molecule has 0 heterocycles. The third-order valence-corrected chi connectivity index (χ3v) is 4.24. The molecule has 1 saturated carbocycles. The summed E-state index contributed by atoms with van der Waals surface area (Å²) in [6.45, 7) is 7.22. The predicted molar refractivity (Wildman–Crippen MR) is 61.6 cm³/mol. The van der Waals surface area contributed by atoms with Gasteiger partial charge in [-0.05, 0) is 37.5 Å². The van der Waals surface area contributed by atoms with Crippen LogP contribution in [0.25, 0.3) is 0 Å². The average Bonchev–Trinajstić information content (AvgIpc) is 2.27. The second-order valence-corrected chi connectivity index (χ2v) is 4.94. The zero-order chi connectivity index (χ0) is 11.3. The quantitative estimate of drug-likeness (QED) is 0.651.